The van der Waals surface area contributed by atoms with E-state index in [-0.39, 0.29) is 12.5 Å². The Morgan fingerprint density at radius 2 is 1.96 bits per heavy atom. The van der Waals surface area contributed by atoms with Crippen molar-refractivity contribution in [1.29, 1.82) is 0 Å². The molecule has 3 rings (SSSR count). The molecule has 0 bridgehead atoms. The third kappa shape index (κ3) is 4.33. The van der Waals surface area contributed by atoms with Crippen molar-refractivity contribution < 1.29 is 23.9 Å². The monoisotopic (exact) mass is 402 g/mol. The molecule has 8 heteroatoms. The average molecular weight is 402 g/mol. The van der Waals surface area contributed by atoms with Gasteiger partial charge in [-0.2, -0.15) is 0 Å². The van der Waals surface area contributed by atoms with Gasteiger partial charge in [-0.15, -0.1) is 11.3 Å². The Hall–Kier alpha value is -2.87. The zero-order valence-electron chi connectivity index (χ0n) is 15.7. The lowest BCUT2D eigenvalue weighted by Crippen LogP contribution is -2.21. The van der Waals surface area contributed by atoms with E-state index < -0.39 is 11.9 Å². The van der Waals surface area contributed by atoms with Crippen LogP contribution in [0.3, 0.4) is 0 Å². The lowest BCUT2D eigenvalue weighted by molar-refractivity contribution is -0.118. The quantitative estimate of drug-likeness (QED) is 0.723. The number of benzene rings is 1. The fourth-order valence-corrected chi connectivity index (χ4v) is 4.60. The van der Waals surface area contributed by atoms with E-state index in [0.29, 0.717) is 27.8 Å². The number of carbonyl (C=O) groups excluding carboxylic acids is 3. The second-order valence-electron chi connectivity index (χ2n) is 6.77. The number of thiophene rings is 1. The third-order valence-electron chi connectivity index (χ3n) is 4.66. The first-order valence-corrected chi connectivity index (χ1v) is 9.76. The van der Waals surface area contributed by atoms with Gasteiger partial charge >= 0.3 is 5.97 Å². The number of fused-ring (bicyclic) bond motifs is 1. The maximum atomic E-state index is 12.3. The van der Waals surface area contributed by atoms with E-state index in [2.05, 4.69) is 12.2 Å². The Balaban J connectivity index is 1.69. The van der Waals surface area contributed by atoms with Gasteiger partial charge in [0.1, 0.15) is 10.8 Å². The minimum absolute atomic E-state index is 0.227. The summed E-state index contributed by atoms with van der Waals surface area (Å²) in [6.07, 6.45) is 2.70. The van der Waals surface area contributed by atoms with Gasteiger partial charge < -0.3 is 20.5 Å². The third-order valence-corrected chi connectivity index (χ3v) is 5.83. The smallest absolute Gasteiger partial charge is 0.341 e. The highest BCUT2D eigenvalue weighted by Crippen LogP contribution is 2.40. The van der Waals surface area contributed by atoms with Crippen LogP contribution >= 0.6 is 11.3 Å². The number of carbonyl (C=O) groups is 3. The number of nitrogens with two attached hydrogens (primary N) is 1. The van der Waals surface area contributed by atoms with Gasteiger partial charge in [0.05, 0.1) is 12.7 Å². The van der Waals surface area contributed by atoms with Crippen molar-refractivity contribution >= 4 is 34.1 Å². The van der Waals surface area contributed by atoms with E-state index in [1.54, 1.807) is 12.1 Å². The molecule has 1 aliphatic rings. The molecule has 1 aliphatic carbocycles. The molecule has 1 aromatic carbocycles. The van der Waals surface area contributed by atoms with Crippen LogP contribution in [0.4, 0.5) is 5.00 Å². The van der Waals surface area contributed by atoms with E-state index in [0.717, 1.165) is 29.7 Å². The molecule has 1 aromatic heterocycles. The van der Waals surface area contributed by atoms with E-state index in [1.165, 1.54) is 30.6 Å². The molecule has 0 aliphatic heterocycles. The summed E-state index contributed by atoms with van der Waals surface area (Å²) in [7, 11) is 1.34. The number of rotatable bonds is 6. The minimum atomic E-state index is -0.532. The van der Waals surface area contributed by atoms with Crippen molar-refractivity contribution in [2.75, 3.05) is 19.0 Å². The van der Waals surface area contributed by atoms with Crippen LogP contribution in [0.25, 0.3) is 0 Å². The largest absolute Gasteiger partial charge is 0.484 e. The summed E-state index contributed by atoms with van der Waals surface area (Å²) in [5.41, 5.74) is 6.98. The topological polar surface area (TPSA) is 108 Å². The number of amides is 2. The standard InChI is InChI=1S/C20H22N2O5S/c1-11-3-8-14-15(9-11)28-19(17(14)20(25)26-2)22-16(23)10-27-13-6-4-12(5-7-13)18(21)24/h4-7,11H,3,8-10H2,1-2H3,(H2,21,24)(H,22,23)/t11-/m1/s1. The van der Waals surface area contributed by atoms with Gasteiger partial charge in [-0.3, -0.25) is 9.59 Å². The van der Waals surface area contributed by atoms with Crippen LogP contribution in [-0.2, 0) is 22.4 Å². The van der Waals surface area contributed by atoms with Crippen LogP contribution in [0.1, 0.15) is 44.5 Å². The molecule has 148 valence electrons. The highest BCUT2D eigenvalue weighted by atomic mass is 32.1. The van der Waals surface area contributed by atoms with Crippen molar-refractivity contribution in [1.82, 2.24) is 0 Å². The van der Waals surface area contributed by atoms with Crippen LogP contribution in [0.15, 0.2) is 24.3 Å². The lowest BCUT2D eigenvalue weighted by atomic mass is 9.88. The molecule has 28 heavy (non-hydrogen) atoms. The molecule has 3 N–H and O–H groups in total. The summed E-state index contributed by atoms with van der Waals surface area (Å²) in [6, 6.07) is 6.19. The fourth-order valence-electron chi connectivity index (χ4n) is 3.18. The summed E-state index contributed by atoms with van der Waals surface area (Å²) in [6.45, 7) is 1.95. The molecule has 1 heterocycles. The molecule has 0 fully saturated rings. The number of esters is 1. The van der Waals surface area contributed by atoms with Gasteiger partial charge in [-0.05, 0) is 55.0 Å². The van der Waals surface area contributed by atoms with Gasteiger partial charge in [0.25, 0.3) is 5.91 Å². The summed E-state index contributed by atoms with van der Waals surface area (Å²) in [5.74, 6) is -0.365. The predicted molar refractivity (Wildman–Crippen MR) is 106 cm³/mol. The van der Waals surface area contributed by atoms with Crippen LogP contribution in [-0.4, -0.2) is 31.5 Å². The lowest BCUT2D eigenvalue weighted by Gasteiger charge is -2.18. The number of nitrogens with one attached hydrogen (secondary N) is 1. The maximum Gasteiger partial charge on any atom is 0.341 e. The van der Waals surface area contributed by atoms with Gasteiger partial charge in [-0.25, -0.2) is 4.79 Å². The minimum Gasteiger partial charge on any atom is -0.484 e. The molecule has 0 spiro atoms. The Morgan fingerprint density at radius 3 is 2.61 bits per heavy atom. The first-order chi connectivity index (χ1) is 13.4. The molecule has 2 amide bonds. The van der Waals surface area contributed by atoms with Crippen molar-refractivity contribution in [2.24, 2.45) is 11.7 Å². The molecule has 1 atom stereocenters. The van der Waals surface area contributed by atoms with Crippen LogP contribution in [0.2, 0.25) is 0 Å². The van der Waals surface area contributed by atoms with Crippen LogP contribution < -0.4 is 15.8 Å². The Morgan fingerprint density at radius 1 is 1.25 bits per heavy atom. The highest BCUT2D eigenvalue weighted by molar-refractivity contribution is 7.17. The summed E-state index contributed by atoms with van der Waals surface area (Å²) >= 11 is 1.42. The second-order valence-corrected chi connectivity index (χ2v) is 7.88. The first kappa shape index (κ1) is 19.9. The van der Waals surface area contributed by atoms with Crippen LogP contribution in [0, 0.1) is 5.92 Å². The fraction of sp³-hybridized carbons (Fsp3) is 0.350. The van der Waals surface area contributed by atoms with E-state index >= 15 is 0 Å². The molecule has 2 aromatic rings. The number of anilines is 1. The van der Waals surface area contributed by atoms with Gasteiger partial charge in [0.15, 0.2) is 6.61 Å². The Labute approximate surface area is 166 Å². The van der Waals surface area contributed by atoms with E-state index in [1.807, 2.05) is 0 Å². The molecule has 0 radical (unpaired) electrons. The van der Waals surface area contributed by atoms with Gasteiger partial charge in [-0.1, -0.05) is 6.92 Å². The summed E-state index contributed by atoms with van der Waals surface area (Å²) < 4.78 is 10.4. The number of methoxy groups -OCH3 is 1. The Kier molecular flexibility index (Phi) is 5.99. The highest BCUT2D eigenvalue weighted by Gasteiger charge is 2.28. The number of primary amides is 1. The molecular formula is C20H22N2O5S. The summed E-state index contributed by atoms with van der Waals surface area (Å²) in [5, 5.41) is 3.28. The first-order valence-electron chi connectivity index (χ1n) is 8.94. The van der Waals surface area contributed by atoms with E-state index in [9.17, 15) is 14.4 Å². The normalized spacial score (nSPS) is 15.4. The van der Waals surface area contributed by atoms with Crippen molar-refractivity contribution in [3.8, 4) is 5.75 Å². The molecule has 7 nitrogen and oxygen atoms in total. The van der Waals surface area contributed by atoms with Crippen molar-refractivity contribution in [3.63, 3.8) is 0 Å². The molecule has 0 saturated heterocycles. The molecule has 0 unspecified atom stereocenters. The van der Waals surface area contributed by atoms with Crippen molar-refractivity contribution in [2.45, 2.75) is 26.2 Å². The van der Waals surface area contributed by atoms with E-state index in [4.69, 9.17) is 15.2 Å². The number of hydrogen-bond donors (Lipinski definition) is 2. The van der Waals surface area contributed by atoms with Gasteiger partial charge in [0, 0.05) is 10.4 Å². The molecule has 0 saturated carbocycles. The number of ether oxygens (including phenoxy) is 2. The Bertz CT molecular complexity index is 904. The average Bonchev–Trinajstić information content (AvgIpc) is 3.02. The predicted octanol–water partition coefficient (Wildman–Crippen LogP) is 2.78. The number of hydrogen-bond acceptors (Lipinski definition) is 6. The summed E-state index contributed by atoms with van der Waals surface area (Å²) in [4.78, 5) is 36.8. The van der Waals surface area contributed by atoms with Crippen LogP contribution in [0.5, 0.6) is 5.75 Å². The van der Waals surface area contributed by atoms with Gasteiger partial charge in [0.2, 0.25) is 5.91 Å². The van der Waals surface area contributed by atoms with Crippen molar-refractivity contribution in [3.05, 3.63) is 45.8 Å². The second kappa shape index (κ2) is 8.43. The zero-order chi connectivity index (χ0) is 20.3. The molecular weight excluding hydrogens is 380 g/mol. The SMILES string of the molecule is COC(=O)c1c(NC(=O)COc2ccc(C(N)=O)cc2)sc2c1CC[C@@H](C)C2. The maximum absolute atomic E-state index is 12.3. The zero-order valence-corrected chi connectivity index (χ0v) is 16.6.